The molecule has 9 heteroatoms. The normalized spacial score (nSPS) is 10.7. The monoisotopic (exact) mass is 375 g/mol. The van der Waals surface area contributed by atoms with E-state index in [1.807, 2.05) is 12.1 Å². The van der Waals surface area contributed by atoms with Gasteiger partial charge in [-0.05, 0) is 29.8 Å². The number of nitrogens with one attached hydrogen (secondary N) is 1. The summed E-state index contributed by atoms with van der Waals surface area (Å²) in [6.07, 6.45) is 3.50. The van der Waals surface area contributed by atoms with E-state index in [0.29, 0.717) is 16.7 Å². The van der Waals surface area contributed by atoms with Gasteiger partial charge < -0.3 is 9.88 Å². The van der Waals surface area contributed by atoms with Gasteiger partial charge >= 0.3 is 0 Å². The highest BCUT2D eigenvalue weighted by atomic mass is 32.2. The minimum absolute atomic E-state index is 0.0391. The maximum atomic E-state index is 13.2. The Balaban J connectivity index is 1.59. The maximum absolute atomic E-state index is 13.2. The van der Waals surface area contributed by atoms with Crippen LogP contribution >= 0.6 is 11.8 Å². The molecule has 3 aromatic rings. The topological polar surface area (TPSA) is 72.7 Å². The molecule has 0 aliphatic heterocycles. The highest BCUT2D eigenvalue weighted by molar-refractivity contribution is 7.98. The zero-order valence-electron chi connectivity index (χ0n) is 13.8. The summed E-state index contributed by atoms with van der Waals surface area (Å²) in [7, 11) is 1.80. The van der Waals surface area contributed by atoms with Crippen LogP contribution in [0.2, 0.25) is 0 Å². The Hall–Kier alpha value is -2.81. The molecule has 2 heterocycles. The molecule has 134 valence electrons. The summed E-state index contributed by atoms with van der Waals surface area (Å²) in [4.78, 5) is 16.1. The van der Waals surface area contributed by atoms with Crippen LogP contribution in [-0.4, -0.2) is 25.7 Å². The van der Waals surface area contributed by atoms with Gasteiger partial charge in [0.05, 0.1) is 6.54 Å². The van der Waals surface area contributed by atoms with Crippen molar-refractivity contribution in [2.75, 3.05) is 0 Å². The third-order valence-electron chi connectivity index (χ3n) is 3.60. The minimum Gasteiger partial charge on any atom is -0.345 e. The molecule has 0 aliphatic rings. The van der Waals surface area contributed by atoms with Crippen LogP contribution in [0.5, 0.6) is 0 Å². The van der Waals surface area contributed by atoms with Crippen molar-refractivity contribution >= 4 is 17.7 Å². The number of nitrogens with zero attached hydrogens (tertiary/aromatic N) is 4. The lowest BCUT2D eigenvalue weighted by Gasteiger charge is -2.06. The summed E-state index contributed by atoms with van der Waals surface area (Å²) in [6.45, 7) is 0.120. The summed E-state index contributed by atoms with van der Waals surface area (Å²) in [5.74, 6) is -1.33. The number of hydrogen-bond donors (Lipinski definition) is 1. The summed E-state index contributed by atoms with van der Waals surface area (Å²) < 4.78 is 27.9. The number of halogens is 2. The second kappa shape index (κ2) is 8.05. The van der Waals surface area contributed by atoms with Crippen LogP contribution in [-0.2, 0) is 19.3 Å². The van der Waals surface area contributed by atoms with E-state index in [1.165, 1.54) is 17.8 Å². The smallest absolute Gasteiger partial charge is 0.251 e. The molecule has 0 spiro atoms. The largest absolute Gasteiger partial charge is 0.345 e. The van der Waals surface area contributed by atoms with Crippen LogP contribution in [0.25, 0.3) is 0 Å². The highest BCUT2D eigenvalue weighted by Gasteiger charge is 2.13. The predicted octanol–water partition coefficient (Wildman–Crippen LogP) is 2.71. The number of aromatic nitrogens is 4. The quantitative estimate of drug-likeness (QED) is 0.671. The Kier molecular flexibility index (Phi) is 5.57. The van der Waals surface area contributed by atoms with Gasteiger partial charge in [0, 0.05) is 30.8 Å². The Bertz CT molecular complexity index is 917. The number of hydrogen-bond acceptors (Lipinski definition) is 5. The van der Waals surface area contributed by atoms with Crippen molar-refractivity contribution in [3.8, 4) is 0 Å². The second-order valence-electron chi connectivity index (χ2n) is 5.42. The molecule has 1 N–H and O–H groups in total. The molecule has 0 saturated carbocycles. The van der Waals surface area contributed by atoms with Crippen molar-refractivity contribution in [1.29, 1.82) is 0 Å². The zero-order chi connectivity index (χ0) is 18.5. The molecule has 2 aromatic heterocycles. The average Bonchev–Trinajstić information content (AvgIpc) is 3.01. The van der Waals surface area contributed by atoms with Crippen molar-refractivity contribution in [2.45, 2.75) is 17.5 Å². The fourth-order valence-corrected chi connectivity index (χ4v) is 3.02. The Morgan fingerprint density at radius 3 is 2.81 bits per heavy atom. The molecule has 0 saturated heterocycles. The van der Waals surface area contributed by atoms with Gasteiger partial charge in [0.25, 0.3) is 5.91 Å². The molecule has 6 nitrogen and oxygen atoms in total. The number of benzene rings is 1. The Labute approximate surface area is 152 Å². The Morgan fingerprint density at radius 1 is 1.23 bits per heavy atom. The Morgan fingerprint density at radius 2 is 2.08 bits per heavy atom. The molecule has 1 amide bonds. The molecular formula is C17H15F2N5OS. The van der Waals surface area contributed by atoms with Gasteiger partial charge in [-0.3, -0.25) is 9.78 Å². The van der Waals surface area contributed by atoms with Crippen molar-refractivity contribution in [3.63, 3.8) is 0 Å². The molecule has 0 radical (unpaired) electrons. The molecule has 1 aromatic carbocycles. The third kappa shape index (κ3) is 4.23. The van der Waals surface area contributed by atoms with E-state index >= 15 is 0 Å². The van der Waals surface area contributed by atoms with Gasteiger partial charge in [0.2, 0.25) is 0 Å². The number of pyridine rings is 1. The minimum atomic E-state index is -1.06. The first kappa shape index (κ1) is 18.0. The SMILES string of the molecule is Cn1c(CNC(=O)c2ccc(F)c(F)c2)nnc1SCc1cccnc1. The number of rotatable bonds is 6. The van der Waals surface area contributed by atoms with Gasteiger partial charge in [0.15, 0.2) is 22.6 Å². The van der Waals surface area contributed by atoms with Crippen molar-refractivity contribution in [2.24, 2.45) is 7.05 Å². The first-order valence-electron chi connectivity index (χ1n) is 7.68. The van der Waals surface area contributed by atoms with E-state index in [4.69, 9.17) is 0 Å². The standard InChI is InChI=1S/C17H15F2N5OS/c1-24-15(9-21-16(25)12-4-5-13(18)14(19)7-12)22-23-17(24)26-10-11-3-2-6-20-8-11/h2-8H,9-10H2,1H3,(H,21,25). The number of carbonyl (C=O) groups excluding carboxylic acids is 1. The van der Waals surface area contributed by atoms with E-state index in [2.05, 4.69) is 20.5 Å². The van der Waals surface area contributed by atoms with Gasteiger partial charge in [-0.15, -0.1) is 10.2 Å². The number of thioether (sulfide) groups is 1. The van der Waals surface area contributed by atoms with Gasteiger partial charge in [-0.1, -0.05) is 17.8 Å². The van der Waals surface area contributed by atoms with E-state index in [1.54, 1.807) is 24.0 Å². The molecule has 3 rings (SSSR count). The highest BCUT2D eigenvalue weighted by Crippen LogP contribution is 2.20. The predicted molar refractivity (Wildman–Crippen MR) is 92.3 cm³/mol. The molecule has 26 heavy (non-hydrogen) atoms. The van der Waals surface area contributed by atoms with Gasteiger partial charge in [0.1, 0.15) is 0 Å². The van der Waals surface area contributed by atoms with Crippen LogP contribution in [0, 0.1) is 11.6 Å². The zero-order valence-corrected chi connectivity index (χ0v) is 14.6. The van der Waals surface area contributed by atoms with Crippen molar-refractivity contribution in [3.05, 3.63) is 71.3 Å². The van der Waals surface area contributed by atoms with E-state index in [-0.39, 0.29) is 12.1 Å². The van der Waals surface area contributed by atoms with Gasteiger partial charge in [-0.25, -0.2) is 8.78 Å². The van der Waals surface area contributed by atoms with Crippen LogP contribution in [0.15, 0.2) is 47.9 Å². The third-order valence-corrected chi connectivity index (χ3v) is 4.70. The summed E-state index contributed by atoms with van der Waals surface area (Å²) in [5.41, 5.74) is 1.10. The lowest BCUT2D eigenvalue weighted by Crippen LogP contribution is -2.24. The molecular weight excluding hydrogens is 360 g/mol. The van der Waals surface area contributed by atoms with Crippen molar-refractivity contribution < 1.29 is 13.6 Å². The summed E-state index contributed by atoms with van der Waals surface area (Å²) >= 11 is 1.50. The van der Waals surface area contributed by atoms with E-state index < -0.39 is 17.5 Å². The summed E-state index contributed by atoms with van der Waals surface area (Å²) in [5, 5.41) is 11.5. The second-order valence-corrected chi connectivity index (χ2v) is 6.36. The van der Waals surface area contributed by atoms with Crippen LogP contribution in [0.3, 0.4) is 0 Å². The number of amides is 1. The van der Waals surface area contributed by atoms with Crippen LogP contribution in [0.4, 0.5) is 8.78 Å². The van der Waals surface area contributed by atoms with Gasteiger partial charge in [-0.2, -0.15) is 0 Å². The van der Waals surface area contributed by atoms with E-state index in [9.17, 15) is 13.6 Å². The molecule has 0 aliphatic carbocycles. The molecule has 0 atom stereocenters. The first-order chi connectivity index (χ1) is 12.5. The molecule has 0 fully saturated rings. The fraction of sp³-hybridized carbons (Fsp3) is 0.176. The number of carbonyl (C=O) groups is 1. The van der Waals surface area contributed by atoms with E-state index in [0.717, 1.165) is 17.7 Å². The van der Waals surface area contributed by atoms with Crippen LogP contribution < -0.4 is 5.32 Å². The first-order valence-corrected chi connectivity index (χ1v) is 8.66. The van der Waals surface area contributed by atoms with Crippen LogP contribution in [0.1, 0.15) is 21.7 Å². The summed E-state index contributed by atoms with van der Waals surface area (Å²) in [6, 6.07) is 6.83. The van der Waals surface area contributed by atoms with Crippen molar-refractivity contribution in [1.82, 2.24) is 25.1 Å². The fourth-order valence-electron chi connectivity index (χ4n) is 2.15. The maximum Gasteiger partial charge on any atom is 0.251 e. The molecule has 0 unspecified atom stereocenters. The lowest BCUT2D eigenvalue weighted by atomic mass is 10.2. The molecule has 0 bridgehead atoms. The lowest BCUT2D eigenvalue weighted by molar-refractivity contribution is 0.0949. The average molecular weight is 375 g/mol.